The first kappa shape index (κ1) is 21.1. The second-order valence-corrected chi connectivity index (χ2v) is 10.5. The molecule has 2 aromatic rings. The third-order valence-corrected chi connectivity index (χ3v) is 8.20. The molecule has 7 nitrogen and oxygen atoms in total. The summed E-state index contributed by atoms with van der Waals surface area (Å²) >= 11 is 0. The van der Waals surface area contributed by atoms with Gasteiger partial charge in [0.25, 0.3) is 0 Å². The zero-order chi connectivity index (χ0) is 21.7. The number of halogens is 3. The van der Waals surface area contributed by atoms with Crippen LogP contribution in [0.2, 0.25) is 0 Å². The van der Waals surface area contributed by atoms with E-state index in [0.29, 0.717) is 42.0 Å². The van der Waals surface area contributed by atoms with E-state index in [2.05, 4.69) is 10.1 Å². The van der Waals surface area contributed by atoms with Gasteiger partial charge in [0, 0.05) is 30.8 Å². The molecule has 0 radical (unpaired) electrons. The van der Waals surface area contributed by atoms with E-state index in [1.165, 1.54) is 9.42 Å². The molecule has 2 aliphatic rings. The van der Waals surface area contributed by atoms with E-state index in [1.807, 2.05) is 0 Å². The third-order valence-electron chi connectivity index (χ3n) is 6.19. The second-order valence-electron chi connectivity index (χ2n) is 8.21. The fourth-order valence-corrected chi connectivity index (χ4v) is 6.20. The molecular formula is C19H23F3N4O3S. The number of carbonyl (C=O) groups is 1. The summed E-state index contributed by atoms with van der Waals surface area (Å²) in [5, 5.41) is 3.64. The summed E-state index contributed by atoms with van der Waals surface area (Å²) in [4.78, 5) is 17.1. The lowest BCUT2D eigenvalue weighted by Gasteiger charge is -2.30. The minimum absolute atomic E-state index is 0.0380. The van der Waals surface area contributed by atoms with E-state index in [9.17, 15) is 26.4 Å². The van der Waals surface area contributed by atoms with Crippen molar-refractivity contribution in [3.05, 3.63) is 29.2 Å². The highest BCUT2D eigenvalue weighted by atomic mass is 32.2. The number of nitrogens with zero attached hydrogens (tertiary/aromatic N) is 4. The van der Waals surface area contributed by atoms with Gasteiger partial charge in [0.2, 0.25) is 6.41 Å². The summed E-state index contributed by atoms with van der Waals surface area (Å²) in [5.74, 6) is -1.52. The third kappa shape index (κ3) is 3.91. The van der Waals surface area contributed by atoms with Gasteiger partial charge in [-0.05, 0) is 38.7 Å². The molecule has 1 aliphatic carbocycles. The Hall–Kier alpha value is -2.17. The largest absolute Gasteiger partial charge is 0.391 e. The molecule has 1 amide bonds. The Morgan fingerprint density at radius 3 is 2.50 bits per heavy atom. The number of aromatic nitrogens is 3. The Bertz CT molecular complexity index is 1060. The van der Waals surface area contributed by atoms with E-state index >= 15 is 0 Å². The van der Waals surface area contributed by atoms with Gasteiger partial charge in [0.05, 0.1) is 23.1 Å². The molecule has 2 fully saturated rings. The number of rotatable bonds is 3. The average Bonchev–Trinajstić information content (AvgIpc) is 3.11. The first-order valence-corrected chi connectivity index (χ1v) is 11.6. The second kappa shape index (κ2) is 7.51. The van der Waals surface area contributed by atoms with Gasteiger partial charge >= 0.3 is 6.18 Å². The molecule has 11 heteroatoms. The number of sulfone groups is 1. The maximum atomic E-state index is 13.0. The van der Waals surface area contributed by atoms with Crippen molar-refractivity contribution in [2.45, 2.75) is 50.0 Å². The summed E-state index contributed by atoms with van der Waals surface area (Å²) < 4.78 is 65.8. The number of alkyl halides is 3. The maximum Gasteiger partial charge on any atom is 0.391 e. The summed E-state index contributed by atoms with van der Waals surface area (Å²) in [5.41, 5.74) is 2.15. The van der Waals surface area contributed by atoms with Crippen molar-refractivity contribution in [2.24, 2.45) is 5.92 Å². The molecule has 0 N–H and O–H groups in total. The predicted octanol–water partition coefficient (Wildman–Crippen LogP) is 2.80. The molecule has 164 valence electrons. The van der Waals surface area contributed by atoms with Crippen LogP contribution in [0.4, 0.5) is 13.2 Å². The number of carbonyl (C=O) groups excluding carboxylic acids is 1. The number of fused-ring (bicyclic) bond motifs is 1. The van der Waals surface area contributed by atoms with Gasteiger partial charge in [-0.3, -0.25) is 4.79 Å². The number of aryl methyl sites for hydroxylation is 1. The lowest BCUT2D eigenvalue weighted by molar-refractivity contribution is -0.182. The molecule has 1 atom stereocenters. The zero-order valence-corrected chi connectivity index (χ0v) is 17.3. The highest BCUT2D eigenvalue weighted by Gasteiger charge is 2.42. The smallest absolute Gasteiger partial charge is 0.343 e. The Balaban J connectivity index is 1.68. The Morgan fingerprint density at radius 2 is 1.87 bits per heavy atom. The molecule has 1 saturated carbocycles. The molecule has 0 aromatic carbocycles. The summed E-state index contributed by atoms with van der Waals surface area (Å²) in [6.07, 6.45) is -2.65. The van der Waals surface area contributed by atoms with Crippen LogP contribution in [0.3, 0.4) is 0 Å². The predicted molar refractivity (Wildman–Crippen MR) is 103 cm³/mol. The van der Waals surface area contributed by atoms with E-state index in [0.717, 1.165) is 0 Å². The summed E-state index contributed by atoms with van der Waals surface area (Å²) in [6.45, 7) is 1.94. The standard InChI is InChI=1S/C19H23F3N4O3S/c1-12-8-16(17-10-25(11-27)6-7-30(17,28)29)26-18(23-12)9-15(24-26)13-2-4-14(5-3-13)19(20,21)22/h8-9,11,13-14,17H,2-7,10H2,1H3. The lowest BCUT2D eigenvalue weighted by Crippen LogP contribution is -2.42. The highest BCUT2D eigenvalue weighted by molar-refractivity contribution is 7.91. The van der Waals surface area contributed by atoms with E-state index < -0.39 is 27.2 Å². The normalized spacial score (nSPS) is 27.3. The first-order valence-electron chi connectivity index (χ1n) is 9.93. The van der Waals surface area contributed by atoms with Crippen LogP contribution in [0.15, 0.2) is 12.1 Å². The topological polar surface area (TPSA) is 84.6 Å². The molecule has 1 saturated heterocycles. The van der Waals surface area contributed by atoms with Crippen LogP contribution in [-0.4, -0.2) is 59.3 Å². The molecule has 1 aliphatic heterocycles. The maximum absolute atomic E-state index is 13.0. The number of hydrogen-bond acceptors (Lipinski definition) is 5. The molecule has 1 unspecified atom stereocenters. The van der Waals surface area contributed by atoms with Gasteiger partial charge in [-0.1, -0.05) is 0 Å². The van der Waals surface area contributed by atoms with Crippen molar-refractivity contribution in [1.29, 1.82) is 0 Å². The SMILES string of the molecule is Cc1cc(C2CN(C=O)CCS2(=O)=O)n2nc(C3CCC(C(F)(F)F)CC3)cc2n1. The minimum Gasteiger partial charge on any atom is -0.343 e. The van der Waals surface area contributed by atoms with E-state index in [4.69, 9.17) is 0 Å². The van der Waals surface area contributed by atoms with Crippen LogP contribution in [0, 0.1) is 12.8 Å². The van der Waals surface area contributed by atoms with Crippen molar-refractivity contribution in [3.63, 3.8) is 0 Å². The van der Waals surface area contributed by atoms with Gasteiger partial charge in [0.1, 0.15) is 5.25 Å². The van der Waals surface area contributed by atoms with Crippen LogP contribution in [0.1, 0.15) is 53.9 Å². The quantitative estimate of drug-likeness (QED) is 0.680. The molecule has 4 rings (SSSR count). The molecule has 0 bridgehead atoms. The van der Waals surface area contributed by atoms with Crippen LogP contribution >= 0.6 is 0 Å². The first-order chi connectivity index (χ1) is 14.1. The monoisotopic (exact) mass is 444 g/mol. The fraction of sp³-hybridized carbons (Fsp3) is 0.632. The summed E-state index contributed by atoms with van der Waals surface area (Å²) in [7, 11) is -3.48. The Labute approximate surface area is 172 Å². The van der Waals surface area contributed by atoms with Gasteiger partial charge in [0.15, 0.2) is 15.5 Å². The number of hydrogen-bond donors (Lipinski definition) is 0. The van der Waals surface area contributed by atoms with Crippen molar-refractivity contribution >= 4 is 21.9 Å². The fourth-order valence-electron chi connectivity index (χ4n) is 4.47. The molecule has 0 spiro atoms. The van der Waals surface area contributed by atoms with Crippen molar-refractivity contribution in [1.82, 2.24) is 19.5 Å². The van der Waals surface area contributed by atoms with Crippen LogP contribution in [0.25, 0.3) is 5.65 Å². The molecule has 2 aromatic heterocycles. The van der Waals surface area contributed by atoms with Crippen LogP contribution < -0.4 is 0 Å². The van der Waals surface area contributed by atoms with Gasteiger partial charge in [-0.25, -0.2) is 17.9 Å². The lowest BCUT2D eigenvalue weighted by atomic mass is 9.80. The van der Waals surface area contributed by atoms with Gasteiger partial charge in [-0.2, -0.15) is 18.3 Å². The number of amides is 1. The van der Waals surface area contributed by atoms with E-state index in [1.54, 1.807) is 19.1 Å². The van der Waals surface area contributed by atoms with E-state index in [-0.39, 0.29) is 37.6 Å². The van der Waals surface area contributed by atoms with Crippen molar-refractivity contribution in [2.75, 3.05) is 18.8 Å². The van der Waals surface area contributed by atoms with Gasteiger partial charge in [-0.15, -0.1) is 0 Å². The average molecular weight is 444 g/mol. The molecule has 3 heterocycles. The van der Waals surface area contributed by atoms with Crippen LogP contribution in [0.5, 0.6) is 0 Å². The Morgan fingerprint density at radius 1 is 1.17 bits per heavy atom. The van der Waals surface area contributed by atoms with Crippen molar-refractivity contribution in [3.8, 4) is 0 Å². The Kier molecular flexibility index (Phi) is 5.27. The molecule has 30 heavy (non-hydrogen) atoms. The van der Waals surface area contributed by atoms with Crippen molar-refractivity contribution < 1.29 is 26.4 Å². The van der Waals surface area contributed by atoms with Gasteiger partial charge < -0.3 is 4.90 Å². The molecular weight excluding hydrogens is 421 g/mol. The zero-order valence-electron chi connectivity index (χ0n) is 16.5. The van der Waals surface area contributed by atoms with Crippen LogP contribution in [-0.2, 0) is 14.6 Å². The minimum atomic E-state index is -4.17. The summed E-state index contributed by atoms with van der Waals surface area (Å²) in [6, 6.07) is 3.39. The highest BCUT2D eigenvalue weighted by Crippen LogP contribution is 2.42.